The van der Waals surface area contributed by atoms with Gasteiger partial charge in [0.05, 0.1) is 11.0 Å². The molecular formula is C13H12N2O4. The molecule has 0 aromatic heterocycles. The number of hydroxylamine groups is 2. The Bertz CT molecular complexity index is 570. The fraction of sp³-hybridized carbons (Fsp3) is 0.308. The first-order valence-corrected chi connectivity index (χ1v) is 6.08. The van der Waals surface area contributed by atoms with Crippen LogP contribution in [-0.4, -0.2) is 28.0 Å². The van der Waals surface area contributed by atoms with Gasteiger partial charge in [-0.1, -0.05) is 18.2 Å². The van der Waals surface area contributed by atoms with Gasteiger partial charge in [-0.25, -0.2) is 5.06 Å². The van der Waals surface area contributed by atoms with Crippen LogP contribution in [0.1, 0.15) is 23.2 Å². The zero-order valence-electron chi connectivity index (χ0n) is 10.1. The SMILES string of the molecule is O=C(c1cccc([N+](=O)[O-])c1)N1OC2C=CC1CC2. The van der Waals surface area contributed by atoms with E-state index >= 15 is 0 Å². The predicted octanol–water partition coefficient (Wildman–Crippen LogP) is 2.07. The van der Waals surface area contributed by atoms with Crippen molar-refractivity contribution in [3.8, 4) is 0 Å². The average molecular weight is 260 g/mol. The molecule has 2 atom stereocenters. The number of nitro benzene ring substituents is 1. The van der Waals surface area contributed by atoms with Gasteiger partial charge in [-0.2, -0.15) is 0 Å². The first kappa shape index (κ1) is 11.9. The van der Waals surface area contributed by atoms with E-state index in [-0.39, 0.29) is 29.3 Å². The van der Waals surface area contributed by atoms with E-state index in [0.717, 1.165) is 12.8 Å². The molecule has 0 radical (unpaired) electrons. The van der Waals surface area contributed by atoms with E-state index < -0.39 is 4.92 Å². The second-order valence-corrected chi connectivity index (χ2v) is 4.61. The van der Waals surface area contributed by atoms with Gasteiger partial charge in [0.25, 0.3) is 11.6 Å². The maximum Gasteiger partial charge on any atom is 0.278 e. The van der Waals surface area contributed by atoms with Gasteiger partial charge in [0, 0.05) is 17.7 Å². The number of nitro groups is 1. The number of carbonyl (C=O) groups excluding carboxylic acids is 1. The minimum absolute atomic E-state index is 0.0624. The normalized spacial score (nSPS) is 24.5. The maximum absolute atomic E-state index is 12.3. The number of amides is 1. The Hall–Kier alpha value is -2.21. The van der Waals surface area contributed by atoms with Crippen LogP contribution < -0.4 is 0 Å². The largest absolute Gasteiger partial charge is 0.278 e. The van der Waals surface area contributed by atoms with Crippen LogP contribution in [0.5, 0.6) is 0 Å². The molecule has 2 unspecified atom stereocenters. The Morgan fingerprint density at radius 2 is 2.21 bits per heavy atom. The Morgan fingerprint density at radius 1 is 1.37 bits per heavy atom. The molecule has 1 saturated heterocycles. The van der Waals surface area contributed by atoms with Crippen LogP contribution in [-0.2, 0) is 4.84 Å². The molecule has 4 rings (SSSR count). The molecule has 6 heteroatoms. The molecule has 2 aliphatic heterocycles. The van der Waals surface area contributed by atoms with E-state index in [2.05, 4.69) is 0 Å². The fourth-order valence-corrected chi connectivity index (χ4v) is 2.37. The highest BCUT2D eigenvalue weighted by molar-refractivity contribution is 5.94. The van der Waals surface area contributed by atoms with Crippen molar-refractivity contribution in [1.29, 1.82) is 0 Å². The smallest absolute Gasteiger partial charge is 0.267 e. The summed E-state index contributed by atoms with van der Waals surface area (Å²) in [5.74, 6) is -0.331. The lowest BCUT2D eigenvalue weighted by Gasteiger charge is -2.40. The summed E-state index contributed by atoms with van der Waals surface area (Å²) >= 11 is 0. The number of fused-ring (bicyclic) bond motifs is 2. The van der Waals surface area contributed by atoms with Crippen LogP contribution in [0.2, 0.25) is 0 Å². The predicted molar refractivity (Wildman–Crippen MR) is 66.3 cm³/mol. The first-order chi connectivity index (χ1) is 9.15. The van der Waals surface area contributed by atoms with E-state index in [0.29, 0.717) is 0 Å². The minimum Gasteiger partial charge on any atom is -0.267 e. The molecule has 1 aromatic carbocycles. The number of nitrogens with zero attached hydrogens (tertiary/aromatic N) is 2. The molecule has 1 aromatic rings. The van der Waals surface area contributed by atoms with Gasteiger partial charge in [0.1, 0.15) is 6.10 Å². The molecule has 19 heavy (non-hydrogen) atoms. The van der Waals surface area contributed by atoms with Gasteiger partial charge in [-0.3, -0.25) is 19.7 Å². The van der Waals surface area contributed by atoms with Crippen molar-refractivity contribution < 1.29 is 14.6 Å². The molecule has 1 amide bonds. The lowest BCUT2D eigenvalue weighted by Crippen LogP contribution is -2.48. The summed E-state index contributed by atoms with van der Waals surface area (Å²) in [6.07, 6.45) is 5.60. The molecule has 3 aliphatic rings. The third-order valence-corrected chi connectivity index (χ3v) is 3.35. The van der Waals surface area contributed by atoms with Crippen molar-refractivity contribution in [1.82, 2.24) is 5.06 Å². The average Bonchev–Trinajstić information content (AvgIpc) is 2.47. The van der Waals surface area contributed by atoms with E-state index in [9.17, 15) is 14.9 Å². The van der Waals surface area contributed by atoms with Crippen LogP contribution in [0, 0.1) is 10.1 Å². The second kappa shape index (κ2) is 4.47. The van der Waals surface area contributed by atoms with Crippen LogP contribution in [0.3, 0.4) is 0 Å². The molecule has 98 valence electrons. The van der Waals surface area contributed by atoms with Crippen molar-refractivity contribution in [3.63, 3.8) is 0 Å². The number of non-ortho nitro benzene ring substituents is 1. The number of rotatable bonds is 2. The Balaban J connectivity index is 1.86. The summed E-state index contributed by atoms with van der Waals surface area (Å²) in [6.45, 7) is 0. The zero-order chi connectivity index (χ0) is 13.4. The third kappa shape index (κ3) is 2.10. The highest BCUT2D eigenvalue weighted by Crippen LogP contribution is 2.29. The van der Waals surface area contributed by atoms with Gasteiger partial charge in [-0.15, -0.1) is 0 Å². The Kier molecular flexibility index (Phi) is 2.79. The second-order valence-electron chi connectivity index (χ2n) is 4.61. The minimum atomic E-state index is -0.514. The van der Waals surface area contributed by atoms with Gasteiger partial charge in [-0.05, 0) is 18.9 Å². The number of carbonyl (C=O) groups is 1. The molecule has 6 nitrogen and oxygen atoms in total. The van der Waals surface area contributed by atoms with E-state index in [1.165, 1.54) is 23.3 Å². The maximum atomic E-state index is 12.3. The lowest BCUT2D eigenvalue weighted by atomic mass is 9.98. The highest BCUT2D eigenvalue weighted by Gasteiger charge is 2.35. The van der Waals surface area contributed by atoms with Crippen molar-refractivity contribution in [3.05, 3.63) is 52.1 Å². The number of benzene rings is 1. The van der Waals surface area contributed by atoms with Crippen LogP contribution >= 0.6 is 0 Å². The monoisotopic (exact) mass is 260 g/mol. The zero-order valence-corrected chi connectivity index (χ0v) is 10.1. The van der Waals surface area contributed by atoms with Crippen molar-refractivity contribution in [2.75, 3.05) is 0 Å². The van der Waals surface area contributed by atoms with E-state index in [1.807, 2.05) is 12.2 Å². The highest BCUT2D eigenvalue weighted by atomic mass is 16.7. The number of hydrogen-bond donors (Lipinski definition) is 0. The lowest BCUT2D eigenvalue weighted by molar-refractivity contribution is -0.384. The summed E-state index contributed by atoms with van der Waals surface area (Å²) in [4.78, 5) is 28.0. The molecule has 1 aliphatic carbocycles. The van der Waals surface area contributed by atoms with Crippen molar-refractivity contribution >= 4 is 11.6 Å². The molecule has 0 spiro atoms. The summed E-state index contributed by atoms with van der Waals surface area (Å²) in [5.41, 5.74) is 0.179. The quantitative estimate of drug-likeness (QED) is 0.463. The van der Waals surface area contributed by atoms with Crippen molar-refractivity contribution in [2.24, 2.45) is 0 Å². The number of hydrogen-bond acceptors (Lipinski definition) is 4. The van der Waals surface area contributed by atoms with Crippen molar-refractivity contribution in [2.45, 2.75) is 25.0 Å². The molecule has 0 N–H and O–H groups in total. The van der Waals surface area contributed by atoms with E-state index in [1.54, 1.807) is 6.07 Å². The van der Waals surface area contributed by atoms with Crippen LogP contribution in [0.25, 0.3) is 0 Å². The van der Waals surface area contributed by atoms with E-state index in [4.69, 9.17) is 4.84 Å². The summed E-state index contributed by atoms with van der Waals surface area (Å²) in [6, 6.07) is 5.63. The molecule has 0 saturated carbocycles. The fourth-order valence-electron chi connectivity index (χ4n) is 2.37. The van der Waals surface area contributed by atoms with Crippen LogP contribution in [0.15, 0.2) is 36.4 Å². The van der Waals surface area contributed by atoms with Gasteiger partial charge < -0.3 is 0 Å². The molecule has 2 bridgehead atoms. The summed E-state index contributed by atoms with van der Waals surface area (Å²) in [5, 5.41) is 12.0. The summed E-state index contributed by atoms with van der Waals surface area (Å²) in [7, 11) is 0. The Labute approximate surface area is 109 Å². The first-order valence-electron chi connectivity index (χ1n) is 6.08. The topological polar surface area (TPSA) is 72.7 Å². The van der Waals surface area contributed by atoms with Gasteiger partial charge in [0.15, 0.2) is 0 Å². The Morgan fingerprint density at radius 3 is 2.79 bits per heavy atom. The molecular weight excluding hydrogens is 248 g/mol. The molecule has 1 fully saturated rings. The molecule has 2 heterocycles. The summed E-state index contributed by atoms with van der Waals surface area (Å²) < 4.78 is 0. The third-order valence-electron chi connectivity index (χ3n) is 3.35. The van der Waals surface area contributed by atoms with Gasteiger partial charge >= 0.3 is 0 Å². The standard InChI is InChI=1S/C13H12N2O4/c16-13(9-2-1-3-11(8-9)15(17)18)14-10-4-6-12(19-14)7-5-10/h1-4,6,8,10,12H,5,7H2. The van der Waals surface area contributed by atoms with Crippen LogP contribution in [0.4, 0.5) is 5.69 Å². The van der Waals surface area contributed by atoms with Gasteiger partial charge in [0.2, 0.25) is 0 Å².